The molecule has 0 saturated heterocycles. The van der Waals surface area contributed by atoms with Crippen molar-refractivity contribution in [3.05, 3.63) is 17.4 Å². The maximum Gasteiger partial charge on any atom is -0.0241 e. The molecular formula is C8H12. The Balaban J connectivity index is 2.40. The fourth-order valence-electron chi connectivity index (χ4n) is 0.744. The van der Waals surface area contributed by atoms with Crippen LogP contribution in [-0.2, 0) is 0 Å². The molecule has 0 atom stereocenters. The third-order valence-electron chi connectivity index (χ3n) is 1.47. The molecule has 0 bridgehead atoms. The van der Waals surface area contributed by atoms with Gasteiger partial charge in [-0.3, -0.25) is 0 Å². The Morgan fingerprint density at radius 1 is 1.62 bits per heavy atom. The van der Waals surface area contributed by atoms with Crippen molar-refractivity contribution in [2.45, 2.75) is 32.6 Å². The summed E-state index contributed by atoms with van der Waals surface area (Å²) >= 11 is 0. The summed E-state index contributed by atoms with van der Waals surface area (Å²) in [6.07, 6.45) is 7.24. The summed E-state index contributed by atoms with van der Waals surface area (Å²) in [5.74, 6) is 0. The van der Waals surface area contributed by atoms with Crippen molar-refractivity contribution < 1.29 is 0 Å². The first-order chi connectivity index (χ1) is 3.93. The van der Waals surface area contributed by atoms with Gasteiger partial charge < -0.3 is 0 Å². The Hall–Kier alpha value is -0.480. The molecule has 44 valence electrons. The van der Waals surface area contributed by atoms with Gasteiger partial charge in [-0.05, 0) is 37.3 Å². The normalized spacial score (nSPS) is 16.9. The number of hydrogen-bond acceptors (Lipinski definition) is 0. The fraction of sp³-hybridized carbons (Fsp3) is 0.625. The molecule has 0 aromatic heterocycles. The van der Waals surface area contributed by atoms with Crippen LogP contribution in [0.1, 0.15) is 32.6 Å². The quantitative estimate of drug-likeness (QED) is 0.453. The van der Waals surface area contributed by atoms with Crippen molar-refractivity contribution in [1.82, 2.24) is 0 Å². The van der Waals surface area contributed by atoms with Gasteiger partial charge in [-0.15, -0.1) is 5.73 Å². The lowest BCUT2D eigenvalue weighted by Gasteiger charge is -2.11. The molecule has 0 radical (unpaired) electrons. The maximum atomic E-state index is 3.26. The lowest BCUT2D eigenvalue weighted by molar-refractivity contribution is 0.664. The first kappa shape index (κ1) is 5.65. The summed E-state index contributed by atoms with van der Waals surface area (Å²) < 4.78 is 0. The van der Waals surface area contributed by atoms with Gasteiger partial charge >= 0.3 is 0 Å². The topological polar surface area (TPSA) is 0 Å². The summed E-state index contributed by atoms with van der Waals surface area (Å²) in [5, 5.41) is 0. The van der Waals surface area contributed by atoms with Crippen molar-refractivity contribution in [2.75, 3.05) is 0 Å². The van der Waals surface area contributed by atoms with E-state index in [-0.39, 0.29) is 0 Å². The standard InChI is InChI=1S/C8H12/c1-2-3-5-8-6-4-7-8/h3H,2,4,6-7H2,1H3. The zero-order valence-corrected chi connectivity index (χ0v) is 5.41. The second-order valence-corrected chi connectivity index (χ2v) is 2.21. The second kappa shape index (κ2) is 2.74. The Morgan fingerprint density at radius 3 is 2.75 bits per heavy atom. The largest absolute Gasteiger partial charge is 0.126 e. The van der Waals surface area contributed by atoms with Crippen molar-refractivity contribution in [3.8, 4) is 0 Å². The third-order valence-corrected chi connectivity index (χ3v) is 1.47. The van der Waals surface area contributed by atoms with Crippen LogP contribution in [0.4, 0.5) is 0 Å². The average molecular weight is 108 g/mol. The molecule has 0 nitrogen and oxygen atoms in total. The molecule has 0 unspecified atom stereocenters. The van der Waals surface area contributed by atoms with E-state index in [0.29, 0.717) is 0 Å². The van der Waals surface area contributed by atoms with E-state index in [9.17, 15) is 0 Å². The minimum atomic E-state index is 1.13. The first-order valence-corrected chi connectivity index (χ1v) is 3.36. The fourth-order valence-corrected chi connectivity index (χ4v) is 0.744. The van der Waals surface area contributed by atoms with Gasteiger partial charge in [-0.2, -0.15) is 0 Å². The number of allylic oxidation sites excluding steroid dienone is 1. The molecule has 8 heavy (non-hydrogen) atoms. The van der Waals surface area contributed by atoms with Crippen LogP contribution in [0.5, 0.6) is 0 Å². The monoisotopic (exact) mass is 108 g/mol. The van der Waals surface area contributed by atoms with Gasteiger partial charge in [0.25, 0.3) is 0 Å². The van der Waals surface area contributed by atoms with Gasteiger partial charge in [-0.25, -0.2) is 0 Å². The van der Waals surface area contributed by atoms with Crippen molar-refractivity contribution in [2.24, 2.45) is 0 Å². The molecule has 1 fully saturated rings. The van der Waals surface area contributed by atoms with E-state index >= 15 is 0 Å². The zero-order chi connectivity index (χ0) is 5.82. The van der Waals surface area contributed by atoms with Crippen LogP contribution in [-0.4, -0.2) is 0 Å². The van der Waals surface area contributed by atoms with Crippen molar-refractivity contribution in [3.63, 3.8) is 0 Å². The second-order valence-electron chi connectivity index (χ2n) is 2.21. The van der Waals surface area contributed by atoms with Gasteiger partial charge in [0.1, 0.15) is 0 Å². The first-order valence-electron chi connectivity index (χ1n) is 3.36. The third kappa shape index (κ3) is 1.24. The van der Waals surface area contributed by atoms with Crippen molar-refractivity contribution in [1.29, 1.82) is 0 Å². The summed E-state index contributed by atoms with van der Waals surface area (Å²) in [7, 11) is 0. The van der Waals surface area contributed by atoms with Gasteiger partial charge in [0.15, 0.2) is 0 Å². The van der Waals surface area contributed by atoms with E-state index in [0.717, 1.165) is 6.42 Å². The highest BCUT2D eigenvalue weighted by atomic mass is 14.1. The highest BCUT2D eigenvalue weighted by Gasteiger charge is 2.05. The molecule has 0 amide bonds. The van der Waals surface area contributed by atoms with Crippen LogP contribution in [0.2, 0.25) is 0 Å². The van der Waals surface area contributed by atoms with E-state index in [2.05, 4.69) is 18.7 Å². The predicted molar refractivity (Wildman–Crippen MR) is 35.7 cm³/mol. The molecular weight excluding hydrogens is 96.1 g/mol. The van der Waals surface area contributed by atoms with E-state index in [1.807, 2.05) is 0 Å². The molecule has 0 aromatic rings. The molecule has 1 rings (SSSR count). The summed E-state index contributed by atoms with van der Waals surface area (Å²) in [6, 6.07) is 0. The SMILES string of the molecule is CCC=C=C1CCC1. The Labute approximate surface area is 50.9 Å². The minimum absolute atomic E-state index is 1.13. The molecule has 0 N–H and O–H groups in total. The van der Waals surface area contributed by atoms with Gasteiger partial charge in [-0.1, -0.05) is 6.92 Å². The summed E-state index contributed by atoms with van der Waals surface area (Å²) in [6.45, 7) is 2.15. The molecule has 0 heterocycles. The predicted octanol–water partition coefficient (Wildman–Crippen LogP) is 2.66. The van der Waals surface area contributed by atoms with Gasteiger partial charge in [0.05, 0.1) is 0 Å². The van der Waals surface area contributed by atoms with Crippen LogP contribution >= 0.6 is 0 Å². The van der Waals surface area contributed by atoms with Crippen LogP contribution in [0.3, 0.4) is 0 Å². The maximum absolute atomic E-state index is 3.26. The smallest absolute Gasteiger partial charge is 0.0241 e. The highest BCUT2D eigenvalue weighted by molar-refractivity contribution is 5.08. The van der Waals surface area contributed by atoms with E-state index in [1.54, 1.807) is 0 Å². The van der Waals surface area contributed by atoms with E-state index < -0.39 is 0 Å². The lowest BCUT2D eigenvalue weighted by atomic mass is 9.93. The van der Waals surface area contributed by atoms with Crippen LogP contribution in [0.25, 0.3) is 0 Å². The van der Waals surface area contributed by atoms with E-state index in [1.165, 1.54) is 24.8 Å². The Kier molecular flexibility index (Phi) is 1.93. The molecule has 1 aliphatic rings. The van der Waals surface area contributed by atoms with Gasteiger partial charge in [0.2, 0.25) is 0 Å². The summed E-state index contributed by atoms with van der Waals surface area (Å²) in [4.78, 5) is 0. The molecule has 0 aromatic carbocycles. The van der Waals surface area contributed by atoms with Gasteiger partial charge in [0, 0.05) is 0 Å². The van der Waals surface area contributed by atoms with E-state index in [4.69, 9.17) is 0 Å². The molecule has 1 aliphatic carbocycles. The molecule has 0 spiro atoms. The van der Waals surface area contributed by atoms with Crippen LogP contribution < -0.4 is 0 Å². The molecule has 0 heteroatoms. The Bertz CT molecular complexity index is 119. The zero-order valence-electron chi connectivity index (χ0n) is 5.41. The lowest BCUT2D eigenvalue weighted by Crippen LogP contribution is -1.93. The minimum Gasteiger partial charge on any atom is -0.126 e. The Morgan fingerprint density at radius 2 is 2.38 bits per heavy atom. The van der Waals surface area contributed by atoms with Crippen LogP contribution in [0.15, 0.2) is 17.4 Å². The molecule has 0 aliphatic heterocycles. The van der Waals surface area contributed by atoms with Crippen LogP contribution in [0, 0.1) is 0 Å². The average Bonchev–Trinajstić information content (AvgIpc) is 1.63. The molecule has 1 saturated carbocycles. The van der Waals surface area contributed by atoms with Crippen molar-refractivity contribution >= 4 is 0 Å². The highest BCUT2D eigenvalue weighted by Crippen LogP contribution is 2.23. The number of hydrogen-bond donors (Lipinski definition) is 0. The summed E-state index contributed by atoms with van der Waals surface area (Å²) in [5.41, 5.74) is 4.78. The number of rotatable bonds is 1.